The molecule has 1 heterocycles. The van der Waals surface area contributed by atoms with Crippen molar-refractivity contribution in [1.82, 2.24) is 5.32 Å². The lowest BCUT2D eigenvalue weighted by atomic mass is 9.86. The van der Waals surface area contributed by atoms with E-state index in [4.69, 9.17) is 9.84 Å². The molecule has 116 valence electrons. The number of ether oxygens (including phenoxy) is 1. The number of hydrogen-bond acceptors (Lipinski definition) is 5. The molecule has 0 saturated carbocycles. The van der Waals surface area contributed by atoms with Crippen LogP contribution < -0.4 is 5.32 Å². The second kappa shape index (κ2) is 8.12. The van der Waals surface area contributed by atoms with Crippen molar-refractivity contribution in [3.05, 3.63) is 35.9 Å². The Morgan fingerprint density at radius 3 is 2.71 bits per heavy atom. The Hall–Kier alpha value is -1.43. The molecule has 5 heteroatoms. The predicted octanol–water partition coefficient (Wildman–Crippen LogP) is 0.809. The second-order valence-corrected chi connectivity index (χ2v) is 5.41. The van der Waals surface area contributed by atoms with Crippen LogP contribution in [0.3, 0.4) is 0 Å². The largest absolute Gasteiger partial charge is 0.462 e. The van der Waals surface area contributed by atoms with E-state index in [9.17, 15) is 9.90 Å². The molecule has 0 aliphatic carbocycles. The molecule has 3 N–H and O–H groups in total. The average molecular weight is 293 g/mol. The van der Waals surface area contributed by atoms with Gasteiger partial charge in [-0.15, -0.1) is 0 Å². The summed E-state index contributed by atoms with van der Waals surface area (Å²) in [6.07, 6.45) is 2.12. The smallest absolute Gasteiger partial charge is 0.315 e. The van der Waals surface area contributed by atoms with Gasteiger partial charge in [0.25, 0.3) is 0 Å². The third-order valence-electron chi connectivity index (χ3n) is 3.79. The summed E-state index contributed by atoms with van der Waals surface area (Å²) in [5.41, 5.74) is 0.917. The molecule has 1 unspecified atom stereocenters. The van der Waals surface area contributed by atoms with Gasteiger partial charge in [-0.05, 0) is 24.9 Å². The molecular weight excluding hydrogens is 270 g/mol. The highest BCUT2D eigenvalue weighted by molar-refractivity contribution is 5.79. The van der Waals surface area contributed by atoms with Crippen LogP contribution in [0.2, 0.25) is 0 Å². The van der Waals surface area contributed by atoms with Crippen molar-refractivity contribution >= 4 is 5.97 Å². The van der Waals surface area contributed by atoms with Crippen LogP contribution in [0.15, 0.2) is 30.3 Å². The van der Waals surface area contributed by atoms with Crippen LogP contribution in [-0.4, -0.2) is 48.1 Å². The normalized spacial score (nSPS) is 21.5. The lowest BCUT2D eigenvalue weighted by molar-refractivity contribution is -0.150. The zero-order valence-electron chi connectivity index (χ0n) is 12.1. The highest BCUT2D eigenvalue weighted by Crippen LogP contribution is 2.26. The molecule has 5 nitrogen and oxygen atoms in total. The third-order valence-corrected chi connectivity index (χ3v) is 3.79. The Balaban J connectivity index is 2.09. The summed E-state index contributed by atoms with van der Waals surface area (Å²) in [4.78, 5) is 12.4. The maximum atomic E-state index is 12.4. The predicted molar refractivity (Wildman–Crippen MR) is 78.9 cm³/mol. The van der Waals surface area contributed by atoms with Crippen molar-refractivity contribution in [3.8, 4) is 0 Å². The molecule has 1 saturated heterocycles. The van der Waals surface area contributed by atoms with Gasteiger partial charge in [-0.3, -0.25) is 4.79 Å². The summed E-state index contributed by atoms with van der Waals surface area (Å²) in [5, 5.41) is 21.5. The lowest BCUT2D eigenvalue weighted by Gasteiger charge is -2.30. The van der Waals surface area contributed by atoms with E-state index >= 15 is 0 Å². The average Bonchev–Trinajstić information content (AvgIpc) is 2.55. The van der Waals surface area contributed by atoms with Crippen molar-refractivity contribution < 1.29 is 19.7 Å². The summed E-state index contributed by atoms with van der Waals surface area (Å²) in [5.74, 6) is -0.731. The lowest BCUT2D eigenvalue weighted by Crippen LogP contribution is -2.42. The van der Waals surface area contributed by atoms with Crippen LogP contribution in [0, 0.1) is 0 Å². The molecule has 2 rings (SSSR count). The van der Waals surface area contributed by atoms with E-state index < -0.39 is 12.7 Å². The Labute approximate surface area is 124 Å². The zero-order valence-corrected chi connectivity index (χ0v) is 12.1. The molecule has 1 aliphatic heterocycles. The second-order valence-electron chi connectivity index (χ2n) is 5.41. The molecule has 21 heavy (non-hydrogen) atoms. The first-order valence-corrected chi connectivity index (χ1v) is 7.46. The fourth-order valence-corrected chi connectivity index (χ4v) is 2.68. The number of benzene rings is 1. The highest BCUT2D eigenvalue weighted by Gasteiger charge is 2.32. The molecule has 0 amide bonds. The quantitative estimate of drug-likeness (QED) is 0.677. The number of piperidine rings is 1. The molecule has 1 aromatic carbocycles. The van der Waals surface area contributed by atoms with Crippen molar-refractivity contribution in [2.75, 3.05) is 19.8 Å². The van der Waals surface area contributed by atoms with E-state index in [-0.39, 0.29) is 24.5 Å². The van der Waals surface area contributed by atoms with E-state index in [1.807, 2.05) is 30.3 Å². The van der Waals surface area contributed by atoms with Crippen LogP contribution in [-0.2, 0) is 9.53 Å². The third kappa shape index (κ3) is 4.52. The fourth-order valence-electron chi connectivity index (χ4n) is 2.68. The zero-order chi connectivity index (χ0) is 15.1. The summed E-state index contributed by atoms with van der Waals surface area (Å²) < 4.78 is 5.18. The van der Waals surface area contributed by atoms with Gasteiger partial charge >= 0.3 is 5.97 Å². The van der Waals surface area contributed by atoms with Gasteiger partial charge in [0.15, 0.2) is 0 Å². The molecule has 3 atom stereocenters. The van der Waals surface area contributed by atoms with Crippen LogP contribution in [0.1, 0.15) is 30.7 Å². The maximum Gasteiger partial charge on any atom is 0.315 e. The number of rotatable bonds is 6. The number of aliphatic hydroxyl groups excluding tert-OH is 2. The number of carbonyl (C=O) groups excluding carboxylic acids is 1. The van der Waals surface area contributed by atoms with E-state index in [2.05, 4.69) is 5.32 Å². The molecule has 0 bridgehead atoms. The first-order chi connectivity index (χ1) is 10.2. The van der Waals surface area contributed by atoms with Gasteiger partial charge in [-0.1, -0.05) is 36.8 Å². The van der Waals surface area contributed by atoms with Crippen LogP contribution >= 0.6 is 0 Å². The Bertz CT molecular complexity index is 431. The first kappa shape index (κ1) is 15.9. The molecule has 1 aliphatic rings. The number of aliphatic hydroxyl groups is 2. The van der Waals surface area contributed by atoms with Gasteiger partial charge in [0.2, 0.25) is 0 Å². The Morgan fingerprint density at radius 1 is 1.33 bits per heavy atom. The van der Waals surface area contributed by atoms with Gasteiger partial charge in [0, 0.05) is 6.04 Å². The molecule has 0 spiro atoms. The maximum absolute atomic E-state index is 12.4. The SMILES string of the molecule is O=C(OCC(O)CO)[C@@H](c1ccccc1)[C@H]1CCCCN1. The van der Waals surface area contributed by atoms with Crippen LogP contribution in [0.4, 0.5) is 0 Å². The molecule has 0 radical (unpaired) electrons. The number of hydrogen-bond donors (Lipinski definition) is 3. The van der Waals surface area contributed by atoms with E-state index in [0.717, 1.165) is 31.4 Å². The fraction of sp³-hybridized carbons (Fsp3) is 0.562. The summed E-state index contributed by atoms with van der Waals surface area (Å²) >= 11 is 0. The Morgan fingerprint density at radius 2 is 2.10 bits per heavy atom. The monoisotopic (exact) mass is 293 g/mol. The molecule has 0 aromatic heterocycles. The van der Waals surface area contributed by atoms with Crippen LogP contribution in [0.25, 0.3) is 0 Å². The van der Waals surface area contributed by atoms with Crippen molar-refractivity contribution in [2.45, 2.75) is 37.3 Å². The Kier molecular flexibility index (Phi) is 6.17. The van der Waals surface area contributed by atoms with Crippen molar-refractivity contribution in [1.29, 1.82) is 0 Å². The van der Waals surface area contributed by atoms with E-state index in [0.29, 0.717) is 0 Å². The van der Waals surface area contributed by atoms with Gasteiger partial charge in [0.1, 0.15) is 12.7 Å². The van der Waals surface area contributed by atoms with Gasteiger partial charge < -0.3 is 20.3 Å². The minimum absolute atomic E-state index is 0.0555. The highest BCUT2D eigenvalue weighted by atomic mass is 16.5. The minimum atomic E-state index is -1.02. The topological polar surface area (TPSA) is 78.8 Å². The van der Waals surface area contributed by atoms with E-state index in [1.54, 1.807) is 0 Å². The number of nitrogens with one attached hydrogen (secondary N) is 1. The number of carbonyl (C=O) groups is 1. The van der Waals surface area contributed by atoms with Gasteiger partial charge in [0.05, 0.1) is 12.5 Å². The standard InChI is InChI=1S/C16H23NO4/c18-10-13(19)11-21-16(20)15(12-6-2-1-3-7-12)14-8-4-5-9-17-14/h1-3,6-7,13-15,17-19H,4-5,8-11H2/t13?,14-,15+/m1/s1. The number of esters is 1. The molecular formula is C16H23NO4. The first-order valence-electron chi connectivity index (χ1n) is 7.46. The summed E-state index contributed by atoms with van der Waals surface area (Å²) in [7, 11) is 0. The van der Waals surface area contributed by atoms with Crippen molar-refractivity contribution in [3.63, 3.8) is 0 Å². The van der Waals surface area contributed by atoms with Gasteiger partial charge in [-0.25, -0.2) is 0 Å². The van der Waals surface area contributed by atoms with E-state index in [1.165, 1.54) is 0 Å². The van der Waals surface area contributed by atoms with Crippen molar-refractivity contribution in [2.24, 2.45) is 0 Å². The molecule has 1 aromatic rings. The van der Waals surface area contributed by atoms with Crippen LogP contribution in [0.5, 0.6) is 0 Å². The van der Waals surface area contributed by atoms with Gasteiger partial charge in [-0.2, -0.15) is 0 Å². The summed E-state index contributed by atoms with van der Waals surface area (Å²) in [6, 6.07) is 9.62. The molecule has 1 fully saturated rings. The minimum Gasteiger partial charge on any atom is -0.462 e. The summed E-state index contributed by atoms with van der Waals surface area (Å²) in [6.45, 7) is 0.316.